The van der Waals surface area contributed by atoms with E-state index >= 15 is 0 Å². The third kappa shape index (κ3) is 3.14. The number of hydrogen-bond donors (Lipinski definition) is 1. The summed E-state index contributed by atoms with van der Waals surface area (Å²) in [7, 11) is 0. The first-order chi connectivity index (χ1) is 9.83. The summed E-state index contributed by atoms with van der Waals surface area (Å²) in [4.78, 5) is 2.49. The van der Waals surface area contributed by atoms with Gasteiger partial charge in [0.05, 0.1) is 0 Å². The van der Waals surface area contributed by atoms with Gasteiger partial charge in [-0.2, -0.15) is 0 Å². The third-order valence-corrected chi connectivity index (χ3v) is 4.07. The second-order valence-electron chi connectivity index (χ2n) is 5.22. The molecular formula is C17H19ClN2. The van der Waals surface area contributed by atoms with Crippen molar-refractivity contribution in [1.82, 2.24) is 5.32 Å². The fourth-order valence-electron chi connectivity index (χ4n) is 2.80. The predicted octanol–water partition coefficient (Wildman–Crippen LogP) is 3.36. The molecule has 2 aromatic rings. The first kappa shape index (κ1) is 13.5. The van der Waals surface area contributed by atoms with Crippen molar-refractivity contribution in [3.8, 4) is 0 Å². The molecule has 1 aliphatic rings. The molecule has 20 heavy (non-hydrogen) atoms. The average molecular weight is 287 g/mol. The molecule has 104 valence electrons. The van der Waals surface area contributed by atoms with Gasteiger partial charge in [0, 0.05) is 36.4 Å². The van der Waals surface area contributed by atoms with Gasteiger partial charge < -0.3 is 10.2 Å². The molecule has 1 unspecified atom stereocenters. The molecule has 3 rings (SSSR count). The molecule has 1 saturated heterocycles. The molecule has 1 atom stereocenters. The Labute approximate surface area is 125 Å². The number of hydrogen-bond acceptors (Lipinski definition) is 2. The maximum atomic E-state index is 5.99. The zero-order chi connectivity index (χ0) is 13.8. The molecule has 2 aromatic carbocycles. The van der Waals surface area contributed by atoms with Crippen molar-refractivity contribution >= 4 is 17.3 Å². The molecule has 0 bridgehead atoms. The highest BCUT2D eigenvalue weighted by molar-refractivity contribution is 6.30. The van der Waals surface area contributed by atoms with Crippen molar-refractivity contribution in [1.29, 1.82) is 0 Å². The summed E-state index contributed by atoms with van der Waals surface area (Å²) in [5, 5.41) is 4.29. The van der Waals surface area contributed by atoms with Crippen LogP contribution in [-0.4, -0.2) is 25.7 Å². The van der Waals surface area contributed by atoms with Crippen molar-refractivity contribution in [3.05, 3.63) is 65.2 Å². The normalized spacial score (nSPS) is 19.1. The molecule has 0 radical (unpaired) electrons. The van der Waals surface area contributed by atoms with E-state index in [1.165, 1.54) is 11.3 Å². The van der Waals surface area contributed by atoms with Crippen LogP contribution in [0.2, 0.25) is 5.02 Å². The largest absolute Gasteiger partial charge is 0.366 e. The molecule has 0 spiro atoms. The first-order valence-corrected chi connectivity index (χ1v) is 7.47. The summed E-state index contributed by atoms with van der Waals surface area (Å²) in [5.41, 5.74) is 2.65. The fourth-order valence-corrected chi connectivity index (χ4v) is 2.93. The highest BCUT2D eigenvalue weighted by Crippen LogP contribution is 2.22. The molecule has 0 aliphatic carbocycles. The smallest absolute Gasteiger partial charge is 0.0455 e. The van der Waals surface area contributed by atoms with Gasteiger partial charge in [-0.15, -0.1) is 0 Å². The van der Waals surface area contributed by atoms with Crippen LogP contribution in [0.1, 0.15) is 5.56 Å². The Hall–Kier alpha value is -1.51. The predicted molar refractivity (Wildman–Crippen MR) is 85.6 cm³/mol. The van der Waals surface area contributed by atoms with Crippen LogP contribution < -0.4 is 10.2 Å². The molecule has 0 saturated carbocycles. The van der Waals surface area contributed by atoms with Gasteiger partial charge in [0.15, 0.2) is 0 Å². The number of benzene rings is 2. The number of nitrogens with zero attached hydrogens (tertiary/aromatic N) is 1. The minimum atomic E-state index is 0.493. The van der Waals surface area contributed by atoms with E-state index in [4.69, 9.17) is 11.6 Å². The van der Waals surface area contributed by atoms with Gasteiger partial charge in [0.25, 0.3) is 0 Å². The second kappa shape index (κ2) is 6.29. The molecule has 1 aliphatic heterocycles. The lowest BCUT2D eigenvalue weighted by Crippen LogP contribution is -2.52. The Bertz CT molecular complexity index is 539. The van der Waals surface area contributed by atoms with E-state index in [0.29, 0.717) is 6.04 Å². The van der Waals surface area contributed by atoms with Crippen LogP contribution in [-0.2, 0) is 6.42 Å². The molecule has 1 N–H and O–H groups in total. The summed E-state index contributed by atoms with van der Waals surface area (Å²) in [5.74, 6) is 0. The highest BCUT2D eigenvalue weighted by Gasteiger charge is 2.22. The van der Waals surface area contributed by atoms with Gasteiger partial charge in [-0.3, -0.25) is 0 Å². The zero-order valence-electron chi connectivity index (χ0n) is 11.4. The van der Waals surface area contributed by atoms with E-state index in [0.717, 1.165) is 31.1 Å². The van der Waals surface area contributed by atoms with Crippen LogP contribution in [0, 0.1) is 0 Å². The van der Waals surface area contributed by atoms with E-state index in [1.54, 1.807) is 0 Å². The maximum absolute atomic E-state index is 5.99. The summed E-state index contributed by atoms with van der Waals surface area (Å²) < 4.78 is 0. The molecule has 1 fully saturated rings. The molecule has 1 heterocycles. The lowest BCUT2D eigenvalue weighted by atomic mass is 10.0. The summed E-state index contributed by atoms with van der Waals surface area (Å²) in [6, 6.07) is 19.4. The quantitative estimate of drug-likeness (QED) is 0.931. The Balaban J connectivity index is 1.78. The van der Waals surface area contributed by atoms with Gasteiger partial charge in [-0.05, 0) is 36.2 Å². The van der Waals surface area contributed by atoms with Crippen molar-refractivity contribution in [2.24, 2.45) is 0 Å². The van der Waals surface area contributed by atoms with E-state index in [1.807, 2.05) is 12.1 Å². The summed E-state index contributed by atoms with van der Waals surface area (Å²) in [6.07, 6.45) is 1.07. The fraction of sp³-hybridized carbons (Fsp3) is 0.294. The van der Waals surface area contributed by atoms with E-state index in [9.17, 15) is 0 Å². The Morgan fingerprint density at radius 2 is 1.80 bits per heavy atom. The van der Waals surface area contributed by atoms with E-state index in [-0.39, 0.29) is 0 Å². The number of piperazine rings is 1. The minimum absolute atomic E-state index is 0.493. The van der Waals surface area contributed by atoms with Crippen LogP contribution in [0.15, 0.2) is 54.6 Å². The van der Waals surface area contributed by atoms with Crippen LogP contribution >= 0.6 is 11.6 Å². The van der Waals surface area contributed by atoms with Gasteiger partial charge in [0.1, 0.15) is 0 Å². The van der Waals surface area contributed by atoms with Crippen molar-refractivity contribution < 1.29 is 0 Å². The SMILES string of the molecule is Clc1ccc(N2CCNCC2Cc2ccccc2)cc1. The topological polar surface area (TPSA) is 15.3 Å². The number of halogens is 1. The summed E-state index contributed by atoms with van der Waals surface area (Å²) in [6.45, 7) is 3.10. The zero-order valence-corrected chi connectivity index (χ0v) is 12.2. The third-order valence-electron chi connectivity index (χ3n) is 3.82. The molecule has 0 aromatic heterocycles. The van der Waals surface area contributed by atoms with Gasteiger partial charge in [-0.25, -0.2) is 0 Å². The number of anilines is 1. The first-order valence-electron chi connectivity index (χ1n) is 7.10. The molecule has 0 amide bonds. The average Bonchev–Trinajstić information content (AvgIpc) is 2.50. The number of nitrogens with one attached hydrogen (secondary N) is 1. The van der Waals surface area contributed by atoms with Crippen LogP contribution in [0.5, 0.6) is 0 Å². The summed E-state index contributed by atoms with van der Waals surface area (Å²) >= 11 is 5.99. The van der Waals surface area contributed by atoms with Crippen molar-refractivity contribution in [3.63, 3.8) is 0 Å². The van der Waals surface area contributed by atoms with Crippen molar-refractivity contribution in [2.45, 2.75) is 12.5 Å². The molecule has 2 nitrogen and oxygen atoms in total. The molecule has 3 heteroatoms. The van der Waals surface area contributed by atoms with Gasteiger partial charge >= 0.3 is 0 Å². The maximum Gasteiger partial charge on any atom is 0.0455 e. The van der Waals surface area contributed by atoms with Gasteiger partial charge in [0.2, 0.25) is 0 Å². The molecular weight excluding hydrogens is 268 g/mol. The minimum Gasteiger partial charge on any atom is -0.366 e. The number of rotatable bonds is 3. The lowest BCUT2D eigenvalue weighted by Gasteiger charge is -2.38. The van der Waals surface area contributed by atoms with Crippen molar-refractivity contribution in [2.75, 3.05) is 24.5 Å². The standard InChI is InChI=1S/C17H19ClN2/c18-15-6-8-16(9-7-15)20-11-10-19-13-17(20)12-14-4-2-1-3-5-14/h1-9,17,19H,10-13H2. The monoisotopic (exact) mass is 286 g/mol. The van der Waals surface area contributed by atoms with E-state index in [2.05, 4.69) is 52.7 Å². The van der Waals surface area contributed by atoms with Gasteiger partial charge in [-0.1, -0.05) is 41.9 Å². The second-order valence-corrected chi connectivity index (χ2v) is 5.65. The highest BCUT2D eigenvalue weighted by atomic mass is 35.5. The Morgan fingerprint density at radius 3 is 2.55 bits per heavy atom. The Kier molecular flexibility index (Phi) is 4.24. The van der Waals surface area contributed by atoms with E-state index < -0.39 is 0 Å². The van der Waals surface area contributed by atoms with Crippen LogP contribution in [0.25, 0.3) is 0 Å². The lowest BCUT2D eigenvalue weighted by molar-refractivity contribution is 0.473. The van der Waals surface area contributed by atoms with Crippen LogP contribution in [0.3, 0.4) is 0 Å². The van der Waals surface area contributed by atoms with Crippen LogP contribution in [0.4, 0.5) is 5.69 Å². The Morgan fingerprint density at radius 1 is 1.05 bits per heavy atom.